The van der Waals surface area contributed by atoms with Crippen molar-refractivity contribution in [3.8, 4) is 0 Å². The molecule has 4 rings (SSSR count). The Balaban J connectivity index is 1.76. The summed E-state index contributed by atoms with van der Waals surface area (Å²) in [6, 6.07) is 0. The molecular weight excluding hydrogens is 364 g/mol. The molecule has 2 saturated heterocycles. The molecule has 4 heterocycles. The summed E-state index contributed by atoms with van der Waals surface area (Å²) in [5.41, 5.74) is 6.66. The van der Waals surface area contributed by atoms with Gasteiger partial charge in [0.2, 0.25) is 5.28 Å². The maximum absolute atomic E-state index is 12.4. The number of nitrogens with two attached hydrogens (primary N) is 1. The number of nitrogen functional groups attached to an aromatic ring is 1. The Kier molecular flexibility index (Phi) is 4.03. The quantitative estimate of drug-likeness (QED) is 0.739. The molecule has 0 radical (unpaired) electrons. The molecule has 3 N–H and O–H groups in total. The summed E-state index contributed by atoms with van der Waals surface area (Å²) in [5.74, 6) is -0.940. The molecule has 2 fully saturated rings. The van der Waals surface area contributed by atoms with Crippen molar-refractivity contribution in [3.05, 3.63) is 11.6 Å². The van der Waals surface area contributed by atoms with E-state index in [4.69, 9.17) is 31.5 Å². The number of hydrogen-bond acceptors (Lipinski definition) is 8. The highest BCUT2D eigenvalue weighted by atomic mass is 35.5. The van der Waals surface area contributed by atoms with E-state index in [0.717, 1.165) is 0 Å². The van der Waals surface area contributed by atoms with Crippen LogP contribution >= 0.6 is 11.6 Å². The van der Waals surface area contributed by atoms with Crippen LogP contribution in [0.4, 0.5) is 5.82 Å². The van der Waals surface area contributed by atoms with E-state index < -0.39 is 30.3 Å². The first-order valence-corrected chi connectivity index (χ1v) is 8.63. The van der Waals surface area contributed by atoms with Crippen molar-refractivity contribution in [2.24, 2.45) is 0 Å². The molecule has 10 nitrogen and oxygen atoms in total. The minimum atomic E-state index is -0.843. The summed E-state index contributed by atoms with van der Waals surface area (Å²) in [6.45, 7) is 5.90. The second-order valence-electron chi connectivity index (χ2n) is 6.61. The third-order valence-corrected chi connectivity index (χ3v) is 4.50. The first kappa shape index (κ1) is 17.4. The van der Waals surface area contributed by atoms with Crippen molar-refractivity contribution in [3.63, 3.8) is 0 Å². The highest BCUT2D eigenvalue weighted by molar-refractivity contribution is 6.28. The number of ether oxygens (including phenoxy) is 3. The average Bonchev–Trinajstić information content (AvgIpc) is 3.18. The Bertz CT molecular complexity index is 871. The van der Waals surface area contributed by atoms with E-state index in [0.29, 0.717) is 17.7 Å². The Morgan fingerprint density at radius 2 is 2.12 bits per heavy atom. The van der Waals surface area contributed by atoms with Gasteiger partial charge in [-0.15, -0.1) is 0 Å². The van der Waals surface area contributed by atoms with Crippen LogP contribution in [0.25, 0.3) is 11.2 Å². The molecule has 0 bridgehead atoms. The number of halogens is 1. The van der Waals surface area contributed by atoms with Crippen molar-refractivity contribution in [2.45, 2.75) is 51.1 Å². The number of hydrogen-bond donors (Lipinski definition) is 2. The lowest BCUT2D eigenvalue weighted by atomic mass is 10.1. The zero-order chi connectivity index (χ0) is 18.6. The van der Waals surface area contributed by atoms with Crippen molar-refractivity contribution in [2.75, 3.05) is 12.3 Å². The van der Waals surface area contributed by atoms with E-state index in [2.05, 4.69) is 20.3 Å². The largest absolute Gasteiger partial charge is 0.382 e. The van der Waals surface area contributed by atoms with Gasteiger partial charge in [-0.2, -0.15) is 9.97 Å². The van der Waals surface area contributed by atoms with Crippen LogP contribution in [0, 0.1) is 0 Å². The summed E-state index contributed by atoms with van der Waals surface area (Å²) in [5, 5.41) is 2.75. The first-order chi connectivity index (χ1) is 12.3. The highest BCUT2D eigenvalue weighted by Crippen LogP contribution is 2.43. The number of likely N-dealkylation sites (N-methyl/N-ethyl adjacent to an activating group) is 1. The fourth-order valence-electron chi connectivity index (χ4n) is 3.38. The van der Waals surface area contributed by atoms with Gasteiger partial charge in [0, 0.05) is 6.54 Å². The van der Waals surface area contributed by atoms with Crippen LogP contribution in [-0.4, -0.2) is 56.1 Å². The Morgan fingerprint density at radius 1 is 1.38 bits per heavy atom. The maximum Gasteiger partial charge on any atom is 0.252 e. The third kappa shape index (κ3) is 2.69. The molecule has 2 aliphatic heterocycles. The normalized spacial score (nSPS) is 29.8. The van der Waals surface area contributed by atoms with Crippen molar-refractivity contribution in [1.82, 2.24) is 24.8 Å². The number of carbonyl (C=O) groups excluding carboxylic acids is 1. The molecule has 11 heteroatoms. The number of nitrogens with zero attached hydrogens (tertiary/aromatic N) is 4. The van der Waals surface area contributed by atoms with E-state index in [1.54, 1.807) is 18.4 Å². The fourth-order valence-corrected chi connectivity index (χ4v) is 3.55. The molecule has 0 aromatic carbocycles. The lowest BCUT2D eigenvalue weighted by molar-refractivity contribution is -0.197. The summed E-state index contributed by atoms with van der Waals surface area (Å²) in [7, 11) is 0. The van der Waals surface area contributed by atoms with Crippen molar-refractivity contribution < 1.29 is 19.0 Å². The van der Waals surface area contributed by atoms with Gasteiger partial charge in [-0.05, 0) is 32.4 Å². The Hall–Kier alpha value is -2.01. The molecule has 2 aromatic rings. The van der Waals surface area contributed by atoms with E-state index in [9.17, 15) is 4.79 Å². The molecule has 2 aromatic heterocycles. The van der Waals surface area contributed by atoms with Gasteiger partial charge < -0.3 is 25.3 Å². The van der Waals surface area contributed by atoms with Crippen LogP contribution in [0.5, 0.6) is 0 Å². The SMILES string of the molecule is CCNC(=O)[C@@H]1O[C@H](n2cnc3c(N)nc(Cl)nc32)[C@@H]2OC(C)(C)O[C@H]21. The van der Waals surface area contributed by atoms with E-state index in [1.807, 2.05) is 6.92 Å². The van der Waals surface area contributed by atoms with Crippen LogP contribution in [0.2, 0.25) is 5.28 Å². The molecule has 4 atom stereocenters. The van der Waals surface area contributed by atoms with Gasteiger partial charge in [-0.1, -0.05) is 0 Å². The number of nitrogens with one attached hydrogen (secondary N) is 1. The minimum Gasteiger partial charge on any atom is -0.382 e. The molecule has 1 amide bonds. The third-order valence-electron chi connectivity index (χ3n) is 4.33. The summed E-state index contributed by atoms with van der Waals surface area (Å²) >= 11 is 5.93. The number of anilines is 1. The van der Waals surface area contributed by atoms with Gasteiger partial charge in [0.25, 0.3) is 5.91 Å². The van der Waals surface area contributed by atoms with Gasteiger partial charge in [0.15, 0.2) is 29.6 Å². The number of fused-ring (bicyclic) bond motifs is 2. The highest BCUT2D eigenvalue weighted by Gasteiger charge is 2.58. The molecule has 0 spiro atoms. The number of carbonyl (C=O) groups is 1. The van der Waals surface area contributed by atoms with Crippen molar-refractivity contribution in [1.29, 1.82) is 0 Å². The average molecular weight is 383 g/mol. The number of imidazole rings is 1. The second kappa shape index (κ2) is 6.02. The van der Waals surface area contributed by atoms with E-state index in [1.165, 1.54) is 6.33 Å². The van der Waals surface area contributed by atoms with Gasteiger partial charge in [0.05, 0.1) is 6.33 Å². The predicted molar refractivity (Wildman–Crippen MR) is 91.2 cm³/mol. The van der Waals surface area contributed by atoms with Crippen molar-refractivity contribution >= 4 is 34.5 Å². The molecule has 0 unspecified atom stereocenters. The molecule has 2 aliphatic rings. The molecule has 0 aliphatic carbocycles. The predicted octanol–water partition coefficient (Wildman–Crippen LogP) is 0.615. The Labute approximate surface area is 154 Å². The van der Waals surface area contributed by atoms with E-state index >= 15 is 0 Å². The molecule has 26 heavy (non-hydrogen) atoms. The minimum absolute atomic E-state index is 0.00417. The lowest BCUT2D eigenvalue weighted by Crippen LogP contribution is -2.42. The number of amides is 1. The first-order valence-electron chi connectivity index (χ1n) is 8.25. The van der Waals surface area contributed by atoms with Crippen LogP contribution in [0.3, 0.4) is 0 Å². The molecule has 140 valence electrons. The second-order valence-corrected chi connectivity index (χ2v) is 6.95. The van der Waals surface area contributed by atoms with Crippen LogP contribution in [0.1, 0.15) is 27.0 Å². The molecule has 0 saturated carbocycles. The molecular formula is C15H19ClN6O4. The lowest BCUT2D eigenvalue weighted by Gasteiger charge is -2.24. The van der Waals surface area contributed by atoms with Gasteiger partial charge in [-0.25, -0.2) is 4.98 Å². The van der Waals surface area contributed by atoms with Gasteiger partial charge in [0.1, 0.15) is 17.7 Å². The number of rotatable bonds is 3. The maximum atomic E-state index is 12.4. The summed E-state index contributed by atoms with van der Waals surface area (Å²) in [6.07, 6.45) is -1.06. The monoisotopic (exact) mass is 382 g/mol. The van der Waals surface area contributed by atoms with Gasteiger partial charge >= 0.3 is 0 Å². The van der Waals surface area contributed by atoms with Crippen LogP contribution < -0.4 is 11.1 Å². The van der Waals surface area contributed by atoms with E-state index in [-0.39, 0.29) is 17.0 Å². The zero-order valence-corrected chi connectivity index (χ0v) is 15.2. The zero-order valence-electron chi connectivity index (χ0n) is 14.5. The standard InChI is InChI=1S/C15H19ClN6O4/c1-4-18-12(23)8-7-9(26-15(2,3)25-7)13(24-8)22-5-19-6-10(17)20-14(16)21-11(6)22/h5,7-9,13H,4H2,1-3H3,(H,18,23)(H2,17,20,21)/t7-,8+,9+,13-/m0/s1. The van der Waals surface area contributed by atoms with Gasteiger partial charge in [-0.3, -0.25) is 9.36 Å². The summed E-state index contributed by atoms with van der Waals surface area (Å²) < 4.78 is 19.5. The fraction of sp³-hybridized carbons (Fsp3) is 0.600. The van der Waals surface area contributed by atoms with Crippen LogP contribution in [0.15, 0.2) is 6.33 Å². The topological polar surface area (TPSA) is 126 Å². The van der Waals surface area contributed by atoms with Crippen LogP contribution in [-0.2, 0) is 19.0 Å². The smallest absolute Gasteiger partial charge is 0.252 e. The number of aromatic nitrogens is 4. The summed E-state index contributed by atoms with van der Waals surface area (Å²) in [4.78, 5) is 24.8. The Morgan fingerprint density at radius 3 is 2.85 bits per heavy atom.